The summed E-state index contributed by atoms with van der Waals surface area (Å²) in [5, 5.41) is 4.07. The van der Waals surface area contributed by atoms with Gasteiger partial charge in [0, 0.05) is 17.4 Å². The van der Waals surface area contributed by atoms with Gasteiger partial charge in [0.25, 0.3) is 5.91 Å². The molecule has 3 heteroatoms. The van der Waals surface area contributed by atoms with Gasteiger partial charge in [-0.15, -0.1) is 0 Å². The van der Waals surface area contributed by atoms with Crippen molar-refractivity contribution in [3.63, 3.8) is 0 Å². The molecule has 1 amide bonds. The maximum atomic E-state index is 11.7. The van der Waals surface area contributed by atoms with Gasteiger partial charge in [0.2, 0.25) is 0 Å². The first kappa shape index (κ1) is 9.46. The number of aromatic amines is 1. The molecule has 2 heterocycles. The number of hydrogen-bond acceptors (Lipinski definition) is 1. The molecule has 0 unspecified atom stereocenters. The van der Waals surface area contributed by atoms with E-state index >= 15 is 0 Å². The smallest absolute Gasteiger partial charge is 0.268 e. The van der Waals surface area contributed by atoms with Gasteiger partial charge in [-0.1, -0.05) is 13.0 Å². The highest BCUT2D eigenvalue weighted by molar-refractivity contribution is 6.02. The zero-order valence-corrected chi connectivity index (χ0v) is 9.26. The molecule has 1 aliphatic rings. The average molecular weight is 214 g/mol. The van der Waals surface area contributed by atoms with E-state index < -0.39 is 0 Å². The number of nitrogens with one attached hydrogen (secondary N) is 2. The van der Waals surface area contributed by atoms with Crippen molar-refractivity contribution in [1.82, 2.24) is 10.3 Å². The fraction of sp³-hybridized carbons (Fsp3) is 0.308. The first-order valence-electron chi connectivity index (χ1n) is 5.71. The molecular weight excluding hydrogens is 200 g/mol. The van der Waals surface area contributed by atoms with Crippen LogP contribution in [-0.4, -0.2) is 17.4 Å². The highest BCUT2D eigenvalue weighted by Gasteiger charge is 2.21. The summed E-state index contributed by atoms with van der Waals surface area (Å²) in [5.74, 6) is 0.0236. The molecule has 1 aliphatic heterocycles. The van der Waals surface area contributed by atoms with Crippen LogP contribution in [0.4, 0.5) is 0 Å². The topological polar surface area (TPSA) is 44.9 Å². The van der Waals surface area contributed by atoms with Gasteiger partial charge in [0.15, 0.2) is 0 Å². The standard InChI is InChI=1S/C13H14N2O/c1-2-8-3-4-11-10(7-8)9-5-6-14-13(16)12(9)15-11/h3-4,7,15H,2,5-6H2,1H3,(H,14,16). The highest BCUT2D eigenvalue weighted by atomic mass is 16.1. The van der Waals surface area contributed by atoms with E-state index in [-0.39, 0.29) is 5.91 Å². The van der Waals surface area contributed by atoms with Crippen molar-refractivity contribution in [3.05, 3.63) is 35.0 Å². The predicted molar refractivity (Wildman–Crippen MR) is 63.7 cm³/mol. The van der Waals surface area contributed by atoms with Gasteiger partial charge >= 0.3 is 0 Å². The third kappa shape index (κ3) is 1.24. The van der Waals surface area contributed by atoms with E-state index in [4.69, 9.17) is 0 Å². The van der Waals surface area contributed by atoms with Crippen molar-refractivity contribution in [2.75, 3.05) is 6.54 Å². The minimum absolute atomic E-state index is 0.0236. The molecule has 0 saturated carbocycles. The second-order valence-corrected chi connectivity index (χ2v) is 4.22. The lowest BCUT2D eigenvalue weighted by atomic mass is 10.0. The van der Waals surface area contributed by atoms with Crippen molar-refractivity contribution in [3.8, 4) is 0 Å². The molecule has 16 heavy (non-hydrogen) atoms. The SMILES string of the molecule is CCc1ccc2[nH]c3c(c2c1)CCNC3=O. The molecule has 0 saturated heterocycles. The number of H-pyrrole nitrogens is 1. The molecule has 0 bridgehead atoms. The van der Waals surface area contributed by atoms with Crippen LogP contribution >= 0.6 is 0 Å². The molecule has 2 aromatic rings. The number of amides is 1. The predicted octanol–water partition coefficient (Wildman–Crippen LogP) is 2.02. The zero-order chi connectivity index (χ0) is 11.1. The van der Waals surface area contributed by atoms with Crippen LogP contribution in [0.5, 0.6) is 0 Å². The van der Waals surface area contributed by atoms with E-state index in [2.05, 4.69) is 35.4 Å². The summed E-state index contributed by atoms with van der Waals surface area (Å²) in [5.41, 5.74) is 4.31. The van der Waals surface area contributed by atoms with Crippen molar-refractivity contribution in [2.24, 2.45) is 0 Å². The van der Waals surface area contributed by atoms with Crippen LogP contribution in [0.25, 0.3) is 10.9 Å². The van der Waals surface area contributed by atoms with Gasteiger partial charge in [0.1, 0.15) is 5.69 Å². The molecule has 2 N–H and O–H groups in total. The normalized spacial score (nSPS) is 14.9. The van der Waals surface area contributed by atoms with Crippen LogP contribution in [-0.2, 0) is 12.8 Å². The lowest BCUT2D eigenvalue weighted by Crippen LogP contribution is -2.31. The first-order valence-corrected chi connectivity index (χ1v) is 5.71. The summed E-state index contributed by atoms with van der Waals surface area (Å²) in [6, 6.07) is 6.38. The van der Waals surface area contributed by atoms with Crippen molar-refractivity contribution >= 4 is 16.8 Å². The largest absolute Gasteiger partial charge is 0.350 e. The Morgan fingerprint density at radius 1 is 1.38 bits per heavy atom. The number of fused-ring (bicyclic) bond motifs is 3. The van der Waals surface area contributed by atoms with E-state index in [1.165, 1.54) is 16.5 Å². The monoisotopic (exact) mass is 214 g/mol. The Kier molecular flexibility index (Phi) is 1.99. The van der Waals surface area contributed by atoms with Gasteiger partial charge in [-0.2, -0.15) is 0 Å². The van der Waals surface area contributed by atoms with Crippen molar-refractivity contribution < 1.29 is 4.79 Å². The second-order valence-electron chi connectivity index (χ2n) is 4.22. The Balaban J connectivity index is 2.29. The lowest BCUT2D eigenvalue weighted by Gasteiger charge is -2.12. The second kappa shape index (κ2) is 3.37. The molecule has 0 atom stereocenters. The summed E-state index contributed by atoms with van der Waals surface area (Å²) in [6.07, 6.45) is 1.95. The maximum absolute atomic E-state index is 11.7. The van der Waals surface area contributed by atoms with Gasteiger partial charge in [-0.05, 0) is 36.1 Å². The summed E-state index contributed by atoms with van der Waals surface area (Å²) in [4.78, 5) is 14.9. The molecule has 82 valence electrons. The molecule has 0 fully saturated rings. The molecule has 1 aromatic carbocycles. The summed E-state index contributed by atoms with van der Waals surface area (Å²) in [6.45, 7) is 2.89. The minimum atomic E-state index is 0.0236. The summed E-state index contributed by atoms with van der Waals surface area (Å²) < 4.78 is 0. The number of rotatable bonds is 1. The Hall–Kier alpha value is -1.77. The molecule has 0 radical (unpaired) electrons. The number of carbonyl (C=O) groups excluding carboxylic acids is 1. The zero-order valence-electron chi connectivity index (χ0n) is 9.26. The fourth-order valence-corrected chi connectivity index (χ4v) is 2.36. The Morgan fingerprint density at radius 2 is 2.25 bits per heavy atom. The van der Waals surface area contributed by atoms with Crippen molar-refractivity contribution in [1.29, 1.82) is 0 Å². The van der Waals surface area contributed by atoms with E-state index in [0.29, 0.717) is 0 Å². The van der Waals surface area contributed by atoms with Crippen LogP contribution in [0.3, 0.4) is 0 Å². The average Bonchev–Trinajstić information content (AvgIpc) is 2.68. The molecule has 3 rings (SSSR count). The van der Waals surface area contributed by atoms with Gasteiger partial charge < -0.3 is 10.3 Å². The Labute approximate surface area is 93.9 Å². The van der Waals surface area contributed by atoms with Gasteiger partial charge in [-0.25, -0.2) is 0 Å². The number of hydrogen-bond donors (Lipinski definition) is 2. The van der Waals surface area contributed by atoms with Crippen LogP contribution in [0.2, 0.25) is 0 Å². The van der Waals surface area contributed by atoms with E-state index in [1.807, 2.05) is 0 Å². The van der Waals surface area contributed by atoms with Crippen LogP contribution in [0.15, 0.2) is 18.2 Å². The van der Waals surface area contributed by atoms with Gasteiger partial charge in [-0.3, -0.25) is 4.79 Å². The highest BCUT2D eigenvalue weighted by Crippen LogP contribution is 2.26. The Morgan fingerprint density at radius 3 is 3.06 bits per heavy atom. The molecule has 1 aromatic heterocycles. The van der Waals surface area contributed by atoms with Crippen molar-refractivity contribution in [2.45, 2.75) is 19.8 Å². The van der Waals surface area contributed by atoms with Gasteiger partial charge in [0.05, 0.1) is 0 Å². The first-order chi connectivity index (χ1) is 7.79. The molecule has 0 spiro atoms. The van der Waals surface area contributed by atoms with E-state index in [1.54, 1.807) is 0 Å². The summed E-state index contributed by atoms with van der Waals surface area (Å²) >= 11 is 0. The Bertz CT molecular complexity index is 569. The minimum Gasteiger partial charge on any atom is -0.350 e. The number of benzene rings is 1. The number of carbonyl (C=O) groups is 1. The number of aryl methyl sites for hydroxylation is 1. The quantitative estimate of drug-likeness (QED) is 0.749. The van der Waals surface area contributed by atoms with Crippen LogP contribution in [0, 0.1) is 0 Å². The van der Waals surface area contributed by atoms with Crippen LogP contribution < -0.4 is 5.32 Å². The third-order valence-corrected chi connectivity index (χ3v) is 3.27. The number of aromatic nitrogens is 1. The fourth-order valence-electron chi connectivity index (χ4n) is 2.36. The lowest BCUT2D eigenvalue weighted by molar-refractivity contribution is 0.0942. The van der Waals surface area contributed by atoms with Crippen LogP contribution in [0.1, 0.15) is 28.5 Å². The van der Waals surface area contributed by atoms with E-state index in [0.717, 1.165) is 30.6 Å². The third-order valence-electron chi connectivity index (χ3n) is 3.27. The summed E-state index contributed by atoms with van der Waals surface area (Å²) in [7, 11) is 0. The van der Waals surface area contributed by atoms with E-state index in [9.17, 15) is 4.79 Å². The molecular formula is C13H14N2O. The maximum Gasteiger partial charge on any atom is 0.268 e. The molecule has 0 aliphatic carbocycles. The molecule has 3 nitrogen and oxygen atoms in total.